The minimum Gasteiger partial charge on any atom is -0.302 e. The Kier molecular flexibility index (Phi) is 6.94. The van der Waals surface area contributed by atoms with Gasteiger partial charge in [0.1, 0.15) is 4.90 Å². The first-order valence-electron chi connectivity index (χ1n) is 8.21. The van der Waals surface area contributed by atoms with Crippen LogP contribution in [0.2, 0.25) is 0 Å². The summed E-state index contributed by atoms with van der Waals surface area (Å²) in [5.74, 6) is 0. The van der Waals surface area contributed by atoms with Crippen molar-refractivity contribution in [3.63, 3.8) is 0 Å². The number of hydrogen-bond acceptors (Lipinski definition) is 5. The lowest BCUT2D eigenvalue weighted by Gasteiger charge is -2.17. The Bertz CT molecular complexity index is 927. The van der Waals surface area contributed by atoms with E-state index >= 15 is 0 Å². The lowest BCUT2D eigenvalue weighted by atomic mass is 10.2. The van der Waals surface area contributed by atoms with Gasteiger partial charge in [0.05, 0.1) is 4.90 Å². The summed E-state index contributed by atoms with van der Waals surface area (Å²) in [7, 11) is -5.53. The lowest BCUT2D eigenvalue weighted by molar-refractivity contribution is 0.322. The molecule has 0 spiro atoms. The molecule has 0 bridgehead atoms. The Morgan fingerprint density at radius 3 is 2.08 bits per heavy atom. The summed E-state index contributed by atoms with van der Waals surface area (Å²) >= 11 is 0. The van der Waals surface area contributed by atoms with Crippen LogP contribution in [0.3, 0.4) is 0 Å². The fraction of sp³-hybridized carbons (Fsp3) is 0.333. The van der Waals surface area contributed by atoms with Crippen molar-refractivity contribution in [3.05, 3.63) is 60.2 Å². The summed E-state index contributed by atoms with van der Waals surface area (Å²) in [5, 5.41) is 0. The summed E-state index contributed by atoms with van der Waals surface area (Å²) in [4.78, 5) is 1.71. The molecule has 0 saturated heterocycles. The number of rotatable bonds is 9. The van der Waals surface area contributed by atoms with Crippen LogP contribution in [0.4, 0.5) is 0 Å². The van der Waals surface area contributed by atoms with Crippen molar-refractivity contribution in [2.24, 2.45) is 0 Å². The van der Waals surface area contributed by atoms with Crippen molar-refractivity contribution in [2.45, 2.75) is 22.8 Å². The van der Waals surface area contributed by atoms with E-state index in [-0.39, 0.29) is 16.3 Å². The van der Waals surface area contributed by atoms with Crippen LogP contribution in [-0.4, -0.2) is 48.1 Å². The Morgan fingerprint density at radius 1 is 0.885 bits per heavy atom. The standard InChI is InChI=1S/C18H24N2O4S2/c1-20(15-16-9-4-3-5-10-16)14-8-13-19-26(23,24)18-12-7-6-11-17(18)25(2,21)22/h3-7,9-12,19H,8,13-15H2,1-2H3. The van der Waals surface area contributed by atoms with E-state index in [0.717, 1.165) is 12.8 Å². The van der Waals surface area contributed by atoms with Crippen LogP contribution in [0, 0.1) is 0 Å². The zero-order chi connectivity index (χ0) is 19.2. The molecule has 0 saturated carbocycles. The van der Waals surface area contributed by atoms with E-state index in [1.807, 2.05) is 37.4 Å². The van der Waals surface area contributed by atoms with Gasteiger partial charge in [-0.25, -0.2) is 21.6 Å². The highest BCUT2D eigenvalue weighted by molar-refractivity contribution is 7.93. The molecule has 0 aliphatic heterocycles. The van der Waals surface area contributed by atoms with Crippen LogP contribution in [0.1, 0.15) is 12.0 Å². The van der Waals surface area contributed by atoms with E-state index < -0.39 is 19.9 Å². The molecule has 2 aromatic carbocycles. The predicted octanol–water partition coefficient (Wildman–Crippen LogP) is 1.89. The van der Waals surface area contributed by atoms with E-state index in [1.165, 1.54) is 29.8 Å². The highest BCUT2D eigenvalue weighted by atomic mass is 32.2. The van der Waals surface area contributed by atoms with Crippen molar-refractivity contribution in [3.8, 4) is 0 Å². The first-order valence-corrected chi connectivity index (χ1v) is 11.6. The first kappa shape index (κ1) is 20.6. The van der Waals surface area contributed by atoms with Crippen molar-refractivity contribution < 1.29 is 16.8 Å². The zero-order valence-electron chi connectivity index (χ0n) is 14.9. The number of hydrogen-bond donors (Lipinski definition) is 1. The summed E-state index contributed by atoms with van der Waals surface area (Å²) < 4.78 is 51.0. The Balaban J connectivity index is 1.91. The molecule has 0 atom stereocenters. The fourth-order valence-corrected chi connectivity index (χ4v) is 5.29. The van der Waals surface area contributed by atoms with Gasteiger partial charge in [-0.05, 0) is 37.7 Å². The Morgan fingerprint density at radius 2 is 1.46 bits per heavy atom. The highest BCUT2D eigenvalue weighted by Crippen LogP contribution is 2.20. The monoisotopic (exact) mass is 396 g/mol. The first-order chi connectivity index (χ1) is 12.2. The van der Waals surface area contributed by atoms with Gasteiger partial charge in [0.25, 0.3) is 0 Å². The molecule has 2 aromatic rings. The number of benzene rings is 2. The SMILES string of the molecule is CN(CCCNS(=O)(=O)c1ccccc1S(C)(=O)=O)Cc1ccccc1. The number of sulfone groups is 1. The van der Waals surface area contributed by atoms with Gasteiger partial charge in [-0.3, -0.25) is 0 Å². The number of sulfonamides is 1. The van der Waals surface area contributed by atoms with Crippen LogP contribution in [0.15, 0.2) is 64.4 Å². The van der Waals surface area contributed by atoms with Crippen LogP contribution in [0.25, 0.3) is 0 Å². The lowest BCUT2D eigenvalue weighted by Crippen LogP contribution is -2.29. The molecule has 0 unspecified atom stereocenters. The van der Waals surface area contributed by atoms with Gasteiger partial charge in [-0.2, -0.15) is 0 Å². The smallest absolute Gasteiger partial charge is 0.241 e. The topological polar surface area (TPSA) is 83.6 Å². The van der Waals surface area contributed by atoms with E-state index in [2.05, 4.69) is 9.62 Å². The molecule has 2 rings (SSSR count). The molecule has 0 amide bonds. The molecule has 0 radical (unpaired) electrons. The molecule has 26 heavy (non-hydrogen) atoms. The fourth-order valence-electron chi connectivity index (χ4n) is 2.59. The minimum atomic E-state index is -3.88. The van der Waals surface area contributed by atoms with E-state index in [4.69, 9.17) is 0 Å². The second kappa shape index (κ2) is 8.77. The molecule has 8 heteroatoms. The molecule has 1 N–H and O–H groups in total. The third-order valence-corrected chi connectivity index (χ3v) is 6.65. The summed E-state index contributed by atoms with van der Waals surface area (Å²) in [6.07, 6.45) is 1.61. The third-order valence-electron chi connectivity index (χ3n) is 3.84. The summed E-state index contributed by atoms with van der Waals surface area (Å²) in [6, 6.07) is 15.6. The van der Waals surface area contributed by atoms with E-state index in [9.17, 15) is 16.8 Å². The normalized spacial score (nSPS) is 12.4. The summed E-state index contributed by atoms with van der Waals surface area (Å²) in [6.45, 7) is 1.73. The van der Waals surface area contributed by atoms with E-state index in [1.54, 1.807) is 0 Å². The molecule has 0 aliphatic rings. The van der Waals surface area contributed by atoms with Gasteiger partial charge < -0.3 is 4.90 Å². The number of nitrogens with one attached hydrogen (secondary N) is 1. The zero-order valence-corrected chi connectivity index (χ0v) is 16.6. The van der Waals surface area contributed by atoms with Gasteiger partial charge >= 0.3 is 0 Å². The van der Waals surface area contributed by atoms with Crippen LogP contribution < -0.4 is 4.72 Å². The van der Waals surface area contributed by atoms with Gasteiger partial charge in [-0.1, -0.05) is 42.5 Å². The molecule has 6 nitrogen and oxygen atoms in total. The van der Waals surface area contributed by atoms with Crippen molar-refractivity contribution >= 4 is 19.9 Å². The maximum Gasteiger partial charge on any atom is 0.241 e. The molecule has 142 valence electrons. The average Bonchev–Trinajstić information content (AvgIpc) is 2.59. The van der Waals surface area contributed by atoms with Crippen molar-refractivity contribution in [1.29, 1.82) is 0 Å². The minimum absolute atomic E-state index is 0.186. The molecular weight excluding hydrogens is 372 g/mol. The molecule has 0 fully saturated rings. The largest absolute Gasteiger partial charge is 0.302 e. The van der Waals surface area contributed by atoms with Gasteiger partial charge in [-0.15, -0.1) is 0 Å². The molecule has 0 heterocycles. The average molecular weight is 397 g/mol. The van der Waals surface area contributed by atoms with Crippen LogP contribution in [-0.2, 0) is 26.4 Å². The molecule has 0 aromatic heterocycles. The van der Waals surface area contributed by atoms with Crippen LogP contribution in [0.5, 0.6) is 0 Å². The van der Waals surface area contributed by atoms with Crippen LogP contribution >= 0.6 is 0 Å². The maximum atomic E-state index is 12.4. The second-order valence-electron chi connectivity index (χ2n) is 6.19. The molecular formula is C18H24N2O4S2. The summed E-state index contributed by atoms with van der Waals surface area (Å²) in [5.41, 5.74) is 1.19. The maximum absolute atomic E-state index is 12.4. The van der Waals surface area contributed by atoms with Gasteiger partial charge in [0.2, 0.25) is 10.0 Å². The van der Waals surface area contributed by atoms with Gasteiger partial charge in [0, 0.05) is 19.3 Å². The van der Waals surface area contributed by atoms with Gasteiger partial charge in [0.15, 0.2) is 9.84 Å². The van der Waals surface area contributed by atoms with Crippen molar-refractivity contribution in [2.75, 3.05) is 26.4 Å². The quantitative estimate of drug-likeness (QED) is 0.655. The predicted molar refractivity (Wildman–Crippen MR) is 102 cm³/mol. The third kappa shape index (κ3) is 5.91. The Labute approximate surface area is 155 Å². The highest BCUT2D eigenvalue weighted by Gasteiger charge is 2.22. The molecule has 0 aliphatic carbocycles. The second-order valence-corrected chi connectivity index (χ2v) is 9.91. The Hall–Kier alpha value is -1.74. The van der Waals surface area contributed by atoms with E-state index in [0.29, 0.717) is 13.0 Å². The van der Waals surface area contributed by atoms with Crippen molar-refractivity contribution in [1.82, 2.24) is 9.62 Å². The number of nitrogens with zero attached hydrogens (tertiary/aromatic N) is 1.